The summed E-state index contributed by atoms with van der Waals surface area (Å²) < 4.78 is 22.0. The first kappa shape index (κ1) is 21.6. The lowest BCUT2D eigenvalue weighted by molar-refractivity contribution is 0.186. The summed E-state index contributed by atoms with van der Waals surface area (Å²) in [6.45, 7) is 4.10. The van der Waals surface area contributed by atoms with Crippen molar-refractivity contribution in [2.24, 2.45) is 4.99 Å². The van der Waals surface area contributed by atoms with E-state index in [1.807, 2.05) is 25.1 Å². The van der Waals surface area contributed by atoms with E-state index >= 15 is 0 Å². The molecule has 0 aromatic heterocycles. The van der Waals surface area contributed by atoms with Crippen molar-refractivity contribution in [3.8, 4) is 23.0 Å². The van der Waals surface area contributed by atoms with Crippen LogP contribution in [0.25, 0.3) is 0 Å². The lowest BCUT2D eigenvalue weighted by Crippen LogP contribution is -2.31. The molecule has 162 valence electrons. The van der Waals surface area contributed by atoms with Crippen LogP contribution >= 0.6 is 0 Å². The molecular weight excluding hydrogens is 386 g/mol. The summed E-state index contributed by atoms with van der Waals surface area (Å²) in [5.74, 6) is 3.23. The molecule has 30 heavy (non-hydrogen) atoms. The van der Waals surface area contributed by atoms with Crippen LogP contribution in [0.1, 0.15) is 25.0 Å². The van der Waals surface area contributed by atoms with Crippen molar-refractivity contribution < 1.29 is 24.1 Å². The molecule has 3 N–H and O–H groups in total. The number of methoxy groups -OCH3 is 2. The van der Waals surface area contributed by atoms with Gasteiger partial charge in [-0.3, -0.25) is 0 Å². The van der Waals surface area contributed by atoms with E-state index in [2.05, 4.69) is 15.6 Å². The Morgan fingerprint density at radius 2 is 1.77 bits per heavy atom. The number of hydrogen-bond donors (Lipinski definition) is 3. The van der Waals surface area contributed by atoms with E-state index < -0.39 is 6.10 Å². The van der Waals surface area contributed by atoms with Crippen molar-refractivity contribution in [3.63, 3.8) is 0 Å². The zero-order chi connectivity index (χ0) is 21.3. The van der Waals surface area contributed by atoms with Gasteiger partial charge in [0.25, 0.3) is 0 Å². The molecule has 1 aliphatic heterocycles. The molecule has 0 spiro atoms. The van der Waals surface area contributed by atoms with Crippen molar-refractivity contribution in [1.82, 2.24) is 5.32 Å². The van der Waals surface area contributed by atoms with Gasteiger partial charge in [-0.15, -0.1) is 0 Å². The predicted octanol–water partition coefficient (Wildman–Crippen LogP) is 2.98. The molecule has 2 aromatic rings. The van der Waals surface area contributed by atoms with Gasteiger partial charge in [0.05, 0.1) is 40.1 Å². The largest absolute Gasteiger partial charge is 0.497 e. The van der Waals surface area contributed by atoms with Gasteiger partial charge < -0.3 is 34.7 Å². The Kier molecular flexibility index (Phi) is 7.62. The van der Waals surface area contributed by atoms with E-state index in [1.165, 1.54) is 0 Å². The number of aliphatic hydroxyl groups excluding tert-OH is 1. The van der Waals surface area contributed by atoms with Gasteiger partial charge in [0.15, 0.2) is 17.5 Å². The second-order valence-electron chi connectivity index (χ2n) is 6.72. The van der Waals surface area contributed by atoms with Gasteiger partial charge in [0.2, 0.25) is 0 Å². The standard InChI is InChI=1S/C22H29N3O5/c1-4-23-22(25-16-6-7-20-21(12-16)30-9-5-8-29-20)24-14-19(26)15-10-17(27-2)13-18(11-15)28-3/h6-7,10-13,19,26H,4-5,8-9,14H2,1-3H3,(H2,23,24,25). The molecule has 0 saturated carbocycles. The first-order chi connectivity index (χ1) is 14.6. The summed E-state index contributed by atoms with van der Waals surface area (Å²) in [5.41, 5.74) is 1.48. The summed E-state index contributed by atoms with van der Waals surface area (Å²) in [7, 11) is 3.15. The Labute approximate surface area is 176 Å². The Bertz CT molecular complexity index is 850. The highest BCUT2D eigenvalue weighted by Gasteiger charge is 2.13. The molecule has 1 heterocycles. The van der Waals surface area contributed by atoms with Crippen molar-refractivity contribution in [3.05, 3.63) is 42.0 Å². The van der Waals surface area contributed by atoms with Crippen LogP contribution in [0.5, 0.6) is 23.0 Å². The number of aliphatic imine (C=N–C) groups is 1. The van der Waals surface area contributed by atoms with Gasteiger partial charge >= 0.3 is 0 Å². The normalized spacial score (nSPS) is 14.5. The topological polar surface area (TPSA) is 93.6 Å². The van der Waals surface area contributed by atoms with E-state index in [-0.39, 0.29) is 6.54 Å². The number of nitrogens with zero attached hydrogens (tertiary/aromatic N) is 1. The van der Waals surface area contributed by atoms with Crippen molar-refractivity contribution in [2.45, 2.75) is 19.4 Å². The summed E-state index contributed by atoms with van der Waals surface area (Å²) >= 11 is 0. The monoisotopic (exact) mass is 415 g/mol. The quantitative estimate of drug-likeness (QED) is 0.473. The average molecular weight is 415 g/mol. The minimum atomic E-state index is -0.812. The number of aliphatic hydroxyl groups is 1. The van der Waals surface area contributed by atoms with Crippen LogP contribution in [0.4, 0.5) is 5.69 Å². The van der Waals surface area contributed by atoms with Crippen LogP contribution < -0.4 is 29.6 Å². The van der Waals surface area contributed by atoms with Crippen LogP contribution in [0.15, 0.2) is 41.4 Å². The summed E-state index contributed by atoms with van der Waals surface area (Å²) in [6.07, 6.45) is 0.0438. The maximum Gasteiger partial charge on any atom is 0.195 e. The smallest absolute Gasteiger partial charge is 0.195 e. The van der Waals surface area contributed by atoms with Crippen LogP contribution in [-0.2, 0) is 0 Å². The first-order valence-corrected chi connectivity index (χ1v) is 9.99. The highest BCUT2D eigenvalue weighted by molar-refractivity contribution is 5.94. The van der Waals surface area contributed by atoms with Crippen molar-refractivity contribution in [2.75, 3.05) is 45.8 Å². The van der Waals surface area contributed by atoms with Gasteiger partial charge in [-0.25, -0.2) is 4.99 Å². The Morgan fingerprint density at radius 1 is 1.07 bits per heavy atom. The zero-order valence-electron chi connectivity index (χ0n) is 17.6. The van der Waals surface area contributed by atoms with Gasteiger partial charge in [-0.1, -0.05) is 0 Å². The molecule has 1 aliphatic rings. The summed E-state index contributed by atoms with van der Waals surface area (Å²) in [5, 5.41) is 17.0. The Hall–Kier alpha value is -3.13. The van der Waals surface area contributed by atoms with Gasteiger partial charge in [-0.2, -0.15) is 0 Å². The molecular formula is C22H29N3O5. The third-order valence-electron chi connectivity index (χ3n) is 4.54. The Balaban J connectivity index is 1.72. The number of nitrogens with one attached hydrogen (secondary N) is 2. The maximum atomic E-state index is 10.6. The Morgan fingerprint density at radius 3 is 2.43 bits per heavy atom. The molecule has 1 unspecified atom stereocenters. The van der Waals surface area contributed by atoms with Gasteiger partial charge in [-0.05, 0) is 36.8 Å². The molecule has 8 heteroatoms. The number of hydrogen-bond acceptors (Lipinski definition) is 6. The van der Waals surface area contributed by atoms with E-state index in [9.17, 15) is 5.11 Å². The number of benzene rings is 2. The fraction of sp³-hybridized carbons (Fsp3) is 0.409. The van der Waals surface area contributed by atoms with Gasteiger partial charge in [0.1, 0.15) is 11.5 Å². The highest BCUT2D eigenvalue weighted by atomic mass is 16.5. The number of ether oxygens (including phenoxy) is 4. The molecule has 1 atom stereocenters. The van der Waals surface area contributed by atoms with Crippen LogP contribution in [0.3, 0.4) is 0 Å². The number of rotatable bonds is 7. The third-order valence-corrected chi connectivity index (χ3v) is 4.54. The lowest BCUT2D eigenvalue weighted by Gasteiger charge is -2.15. The second kappa shape index (κ2) is 10.6. The maximum absolute atomic E-state index is 10.6. The molecule has 8 nitrogen and oxygen atoms in total. The second-order valence-corrected chi connectivity index (χ2v) is 6.72. The fourth-order valence-electron chi connectivity index (χ4n) is 2.99. The molecule has 0 aliphatic carbocycles. The summed E-state index contributed by atoms with van der Waals surface area (Å²) in [4.78, 5) is 4.52. The molecule has 0 radical (unpaired) electrons. The lowest BCUT2D eigenvalue weighted by atomic mass is 10.1. The SMILES string of the molecule is CCNC(=NCC(O)c1cc(OC)cc(OC)c1)Nc1ccc2c(c1)OCCCO2. The fourth-order valence-corrected chi connectivity index (χ4v) is 2.99. The summed E-state index contributed by atoms with van der Waals surface area (Å²) in [6, 6.07) is 11.0. The number of fused-ring (bicyclic) bond motifs is 1. The highest BCUT2D eigenvalue weighted by Crippen LogP contribution is 2.32. The van der Waals surface area contributed by atoms with Crippen LogP contribution in [0.2, 0.25) is 0 Å². The van der Waals surface area contributed by atoms with Gasteiger partial charge in [0, 0.05) is 30.8 Å². The predicted molar refractivity (Wildman–Crippen MR) is 116 cm³/mol. The number of anilines is 1. The minimum absolute atomic E-state index is 0.163. The van der Waals surface area contributed by atoms with Crippen LogP contribution in [-0.4, -0.2) is 51.6 Å². The minimum Gasteiger partial charge on any atom is -0.497 e. The van der Waals surface area contributed by atoms with E-state index in [4.69, 9.17) is 18.9 Å². The molecule has 0 saturated heterocycles. The van der Waals surface area contributed by atoms with E-state index in [1.54, 1.807) is 32.4 Å². The molecule has 2 aromatic carbocycles. The zero-order valence-corrected chi connectivity index (χ0v) is 17.6. The van der Waals surface area contributed by atoms with Crippen LogP contribution in [0, 0.1) is 0 Å². The van der Waals surface area contributed by atoms with E-state index in [0.29, 0.717) is 48.5 Å². The number of guanidine groups is 1. The third kappa shape index (κ3) is 5.70. The van der Waals surface area contributed by atoms with Crippen molar-refractivity contribution in [1.29, 1.82) is 0 Å². The molecule has 0 fully saturated rings. The first-order valence-electron chi connectivity index (χ1n) is 9.99. The molecule has 0 amide bonds. The van der Waals surface area contributed by atoms with Crippen molar-refractivity contribution >= 4 is 11.6 Å². The molecule has 0 bridgehead atoms. The molecule has 3 rings (SSSR count). The van der Waals surface area contributed by atoms with E-state index in [0.717, 1.165) is 17.9 Å². The average Bonchev–Trinajstić information content (AvgIpc) is 3.02.